The molecule has 33 rings (SSSR count). The summed E-state index contributed by atoms with van der Waals surface area (Å²) in [5, 5.41) is 23.2. The van der Waals surface area contributed by atoms with Crippen molar-refractivity contribution >= 4 is 218 Å². The lowest BCUT2D eigenvalue weighted by Crippen LogP contribution is -2.02. The van der Waals surface area contributed by atoms with E-state index < -0.39 is 0 Å². The molecule has 0 aliphatic carbocycles. The van der Waals surface area contributed by atoms with E-state index >= 15 is 0 Å². The van der Waals surface area contributed by atoms with Crippen LogP contribution < -0.4 is 0 Å². The molecule has 16 heterocycles. The summed E-state index contributed by atoms with van der Waals surface area (Å²) in [7, 11) is 0. The molecule has 0 fully saturated rings. The van der Waals surface area contributed by atoms with Gasteiger partial charge in [0.15, 0.2) is 11.6 Å². The van der Waals surface area contributed by atoms with Crippen LogP contribution in [0.3, 0.4) is 0 Å². The van der Waals surface area contributed by atoms with E-state index in [2.05, 4.69) is 408 Å². The van der Waals surface area contributed by atoms with E-state index in [0.717, 1.165) is 215 Å². The average Bonchev–Trinajstić information content (AvgIpc) is 1.53. The van der Waals surface area contributed by atoms with Crippen molar-refractivity contribution < 1.29 is 0 Å². The first-order valence-corrected chi connectivity index (χ1v) is 49.9. The van der Waals surface area contributed by atoms with Gasteiger partial charge < -0.3 is 22.8 Å². The van der Waals surface area contributed by atoms with Gasteiger partial charge in [-0.15, -0.1) is 0 Å². The second-order valence-electron chi connectivity index (χ2n) is 37.4. The van der Waals surface area contributed by atoms with Crippen LogP contribution in [0.4, 0.5) is 0 Å². The predicted molar refractivity (Wildman–Crippen MR) is 609 cm³/mol. The fraction of sp³-hybridized carbons (Fsp3) is 0. The van der Waals surface area contributed by atoms with Gasteiger partial charge in [-0.3, -0.25) is 38.6 Å². The van der Waals surface area contributed by atoms with Gasteiger partial charge in [-0.05, 0) is 133 Å². The molecule has 0 aliphatic rings. The van der Waals surface area contributed by atoms with E-state index in [-0.39, 0.29) is 0 Å². The monoisotopic (exact) mass is 1920 g/mol. The van der Waals surface area contributed by atoms with Crippen molar-refractivity contribution in [2.24, 2.45) is 0 Å². The lowest BCUT2D eigenvalue weighted by molar-refractivity contribution is 0.988. The van der Waals surface area contributed by atoms with Gasteiger partial charge in [0.1, 0.15) is 12.1 Å². The molecule has 0 saturated carbocycles. The number of rotatable bonds is 9. The number of nitrogens with zero attached hydrogens (tertiary/aromatic N) is 20. The highest BCUT2D eigenvalue weighted by Crippen LogP contribution is 2.53. The van der Waals surface area contributed by atoms with Crippen molar-refractivity contribution in [1.29, 1.82) is 0 Å². The molecule has 0 N–H and O–H groups in total. The van der Waals surface area contributed by atoms with Crippen LogP contribution in [0.25, 0.3) is 275 Å². The Bertz CT molecular complexity index is 10100. The van der Waals surface area contributed by atoms with Gasteiger partial charge in [-0.2, -0.15) is 0 Å². The molecule has 0 atom stereocenters. The fourth-order valence-electron chi connectivity index (χ4n) is 23.7. The quantitative estimate of drug-likeness (QED) is 0.133. The van der Waals surface area contributed by atoms with Crippen molar-refractivity contribution in [3.63, 3.8) is 0 Å². The Kier molecular flexibility index (Phi) is 19.5. The summed E-state index contributed by atoms with van der Waals surface area (Å²) >= 11 is 0. The van der Waals surface area contributed by atoms with E-state index in [1.165, 1.54) is 48.5 Å². The number of pyridine rings is 4. The highest BCUT2D eigenvalue weighted by molar-refractivity contribution is 6.40. The molecular weight excluding hydrogens is 1840 g/mol. The SMILES string of the molecule is c1ccc(-c2nccc(-n3c4ccccc4c4c5cccnc5c5c6ccccc6n(-c6ccccc6)c5c43)n2)cc1.c1ccc(-n2c3ccccc3c3c4ncccc4c4c5ccccc5n(-c5cnccn5)c4c32)cc1.c1ccc(-n2c3ccccc3c3c4ncccc4c4c5ccccc5n(-c5cncnc5)c4c32)cc1.c1ccc(-n2c3ccccc3c3c4ncccc4c4c5ccccc5n(-c5ncccn5)c4c32)cc1. The molecule has 700 valence electrons. The third-order valence-electron chi connectivity index (χ3n) is 29.4. The first-order valence-electron chi connectivity index (χ1n) is 49.9. The largest absolute Gasteiger partial charge is 0.307 e. The summed E-state index contributed by atoms with van der Waals surface area (Å²) in [5.41, 5.74) is 28.2. The van der Waals surface area contributed by atoms with Gasteiger partial charge in [0.2, 0.25) is 5.95 Å². The van der Waals surface area contributed by atoms with Crippen LogP contribution in [0, 0.1) is 0 Å². The first-order chi connectivity index (χ1) is 74.6. The molecule has 0 amide bonds. The Balaban J connectivity index is 0.0000000921. The van der Waals surface area contributed by atoms with Gasteiger partial charge in [0, 0.05) is 192 Å². The molecule has 20 nitrogen and oxygen atoms in total. The summed E-state index contributed by atoms with van der Waals surface area (Å²) in [6.07, 6.45) is 23.7. The van der Waals surface area contributed by atoms with Crippen molar-refractivity contribution in [1.82, 2.24) is 96.3 Å². The van der Waals surface area contributed by atoms with Crippen molar-refractivity contribution in [2.45, 2.75) is 0 Å². The Morgan fingerprint density at radius 2 is 0.420 bits per heavy atom. The lowest BCUT2D eigenvalue weighted by Gasteiger charge is -2.13. The summed E-state index contributed by atoms with van der Waals surface area (Å²) in [6.45, 7) is 0. The van der Waals surface area contributed by atoms with Crippen LogP contribution in [0.15, 0.2) is 487 Å². The molecule has 0 spiro atoms. The molecule has 0 bridgehead atoms. The third kappa shape index (κ3) is 12.8. The first kappa shape index (κ1) is 84.8. The number of para-hydroxylation sites is 12. The maximum atomic E-state index is 5.16. The summed E-state index contributed by atoms with van der Waals surface area (Å²) in [5.74, 6) is 2.96. The highest BCUT2D eigenvalue weighted by atomic mass is 15.2. The minimum Gasteiger partial charge on any atom is -0.307 e. The fourth-order valence-corrected chi connectivity index (χ4v) is 23.7. The second kappa shape index (κ2) is 34.4. The van der Waals surface area contributed by atoms with Crippen molar-refractivity contribution in [3.8, 4) is 57.4 Å². The molecule has 20 heteroatoms. The summed E-state index contributed by atoms with van der Waals surface area (Å²) < 4.78 is 18.6. The van der Waals surface area contributed by atoms with Crippen molar-refractivity contribution in [2.75, 3.05) is 0 Å². The molecule has 0 unspecified atom stereocenters. The van der Waals surface area contributed by atoms with E-state index in [0.29, 0.717) is 11.8 Å². The standard InChI is InChI=1S/C37H23N5.3C31H19N5/c1-3-12-24(13-4-1)37-39-23-21-31(40-37)42-30-20-10-7-16-26(30)32-28-18-11-22-38-34(28)33-27-17-8-9-19-29(27)41(36(33)35(32)42)25-14-5-2-6-15-25;1-2-10-20(11-3-1)35-24-15-6-5-13-22(24)27-28-23(14-8-17-32-28)26-21-12-4-7-16-25(21)36(29(26)30(27)35)31-33-18-9-19-34-31;1-2-9-20(10-3-1)35-24-14-6-5-12-22(24)28-29-23(13-8-16-34-29)27-21-11-4-7-15-25(21)36(30(27)31(28)35)26-19-32-17-18-33-26;1-2-9-20(10-3-1)35-26-15-7-5-12-23(26)28-29-24(13-8-16-34-29)27-22-11-4-6-14-25(22)36(30(27)31(28)35)21-17-32-19-33-18-21/h1-23H;3*1-19H. The number of benzene rings is 17. The van der Waals surface area contributed by atoms with Crippen LogP contribution in [0.5, 0.6) is 0 Å². The molecule has 33 aromatic rings. The maximum absolute atomic E-state index is 5.16. The van der Waals surface area contributed by atoms with E-state index in [1.54, 1.807) is 31.1 Å². The van der Waals surface area contributed by atoms with E-state index in [4.69, 9.17) is 39.9 Å². The number of fused-ring (bicyclic) bond motifs is 40. The molecule has 0 aliphatic heterocycles. The van der Waals surface area contributed by atoms with Crippen molar-refractivity contribution in [3.05, 3.63) is 487 Å². The topological polar surface area (TPSA) is 194 Å². The van der Waals surface area contributed by atoms with Gasteiger partial charge >= 0.3 is 0 Å². The zero-order chi connectivity index (χ0) is 98.5. The second-order valence-corrected chi connectivity index (χ2v) is 37.4. The van der Waals surface area contributed by atoms with Gasteiger partial charge in [-0.1, -0.05) is 273 Å². The summed E-state index contributed by atoms with van der Waals surface area (Å²) in [6, 6.07) is 142. The minimum absolute atomic E-state index is 0.651. The van der Waals surface area contributed by atoms with Crippen LogP contribution in [0.2, 0.25) is 0 Å². The zero-order valence-corrected chi connectivity index (χ0v) is 80.1. The Morgan fingerprint density at radius 1 is 0.153 bits per heavy atom. The molecule has 16 aromatic heterocycles. The molecule has 0 radical (unpaired) electrons. The Labute approximate surface area is 853 Å². The van der Waals surface area contributed by atoms with Crippen LogP contribution in [-0.4, -0.2) is 96.3 Å². The molecule has 17 aromatic carbocycles. The van der Waals surface area contributed by atoms with E-state index in [9.17, 15) is 0 Å². The van der Waals surface area contributed by atoms with Crippen LogP contribution >= 0.6 is 0 Å². The molecular formula is C130H80N20. The number of hydrogen-bond acceptors (Lipinski definition) is 12. The van der Waals surface area contributed by atoms with Gasteiger partial charge in [0.25, 0.3) is 0 Å². The third-order valence-corrected chi connectivity index (χ3v) is 29.4. The molecule has 150 heavy (non-hydrogen) atoms. The predicted octanol–water partition coefficient (Wildman–Crippen LogP) is 30.5. The number of aromatic nitrogens is 20. The van der Waals surface area contributed by atoms with Crippen LogP contribution in [0.1, 0.15) is 0 Å². The zero-order valence-electron chi connectivity index (χ0n) is 80.1. The maximum Gasteiger partial charge on any atom is 0.234 e. The Hall–Kier alpha value is -20.9. The van der Waals surface area contributed by atoms with Gasteiger partial charge in [0.05, 0.1) is 135 Å². The average molecular weight is 1920 g/mol. The Morgan fingerprint density at radius 3 is 0.760 bits per heavy atom. The lowest BCUT2D eigenvalue weighted by atomic mass is 10.0. The number of hydrogen-bond donors (Lipinski definition) is 0. The summed E-state index contributed by atoms with van der Waals surface area (Å²) in [4.78, 5) is 57.0. The minimum atomic E-state index is 0.651. The van der Waals surface area contributed by atoms with Gasteiger partial charge in [-0.25, -0.2) is 34.9 Å². The normalized spacial score (nSPS) is 11.9. The van der Waals surface area contributed by atoms with E-state index in [1.807, 2.05) is 104 Å². The van der Waals surface area contributed by atoms with Crippen LogP contribution in [-0.2, 0) is 0 Å². The smallest absolute Gasteiger partial charge is 0.234 e. The highest BCUT2D eigenvalue weighted by Gasteiger charge is 2.33. The molecule has 0 saturated heterocycles.